The van der Waals surface area contributed by atoms with E-state index in [1.165, 1.54) is 11.1 Å². The molecule has 0 bridgehead atoms. The smallest absolute Gasteiger partial charge is 0.191 e. The van der Waals surface area contributed by atoms with E-state index in [-0.39, 0.29) is 24.0 Å². The van der Waals surface area contributed by atoms with Crippen molar-refractivity contribution in [1.29, 1.82) is 0 Å². The number of aryl methyl sites for hydroxylation is 2. The number of hydrogen-bond donors (Lipinski definition) is 2. The number of benzene rings is 1. The monoisotopic (exact) mass is 442 g/mol. The molecule has 2 aromatic rings. The fraction of sp³-hybridized carbons (Fsp3) is 0.444. The van der Waals surface area contributed by atoms with Crippen molar-refractivity contribution in [3.63, 3.8) is 0 Å². The first kappa shape index (κ1) is 20.5. The number of nitrogens with one attached hydrogen (secondary N) is 2. The van der Waals surface area contributed by atoms with Crippen molar-refractivity contribution >= 4 is 29.9 Å². The molecule has 5 nitrogen and oxygen atoms in total. The van der Waals surface area contributed by atoms with Gasteiger partial charge in [-0.1, -0.05) is 42.4 Å². The van der Waals surface area contributed by atoms with Crippen molar-refractivity contribution in [2.45, 2.75) is 33.1 Å². The summed E-state index contributed by atoms with van der Waals surface area (Å²) < 4.78 is 5.18. The molecule has 0 amide bonds. The molecule has 1 aromatic carbocycles. The third kappa shape index (κ3) is 5.81. The summed E-state index contributed by atoms with van der Waals surface area (Å²) >= 11 is 0. The van der Waals surface area contributed by atoms with E-state index in [2.05, 4.69) is 52.0 Å². The first-order chi connectivity index (χ1) is 11.1. The molecule has 2 rings (SSSR count). The molecule has 0 aliphatic carbocycles. The molecule has 6 heteroatoms. The highest BCUT2D eigenvalue weighted by molar-refractivity contribution is 14.0. The van der Waals surface area contributed by atoms with E-state index in [1.54, 1.807) is 7.05 Å². The van der Waals surface area contributed by atoms with E-state index < -0.39 is 0 Å². The number of rotatable bonds is 6. The van der Waals surface area contributed by atoms with Gasteiger partial charge in [0.15, 0.2) is 5.96 Å². The Balaban J connectivity index is 0.00000288. The Kier molecular flexibility index (Phi) is 8.81. The number of guanidine groups is 1. The molecule has 132 valence electrons. The maximum absolute atomic E-state index is 5.18. The lowest BCUT2D eigenvalue weighted by Crippen LogP contribution is -2.40. The number of halogens is 1. The summed E-state index contributed by atoms with van der Waals surface area (Å²) in [4.78, 5) is 4.27. The van der Waals surface area contributed by atoms with Crippen LogP contribution < -0.4 is 10.6 Å². The lowest BCUT2D eigenvalue weighted by atomic mass is 10.0. The molecule has 0 saturated heterocycles. The largest absolute Gasteiger partial charge is 0.361 e. The molecule has 1 aromatic heterocycles. The molecule has 2 N–H and O–H groups in total. The molecule has 1 heterocycles. The highest BCUT2D eigenvalue weighted by atomic mass is 127. The second-order valence-electron chi connectivity index (χ2n) is 5.74. The molecular weight excluding hydrogens is 415 g/mol. The maximum atomic E-state index is 5.18. The van der Waals surface area contributed by atoms with Crippen LogP contribution >= 0.6 is 24.0 Å². The van der Waals surface area contributed by atoms with E-state index in [0.29, 0.717) is 5.92 Å². The van der Waals surface area contributed by atoms with Gasteiger partial charge in [0.05, 0.1) is 5.69 Å². The van der Waals surface area contributed by atoms with E-state index in [0.717, 1.165) is 36.9 Å². The summed E-state index contributed by atoms with van der Waals surface area (Å²) in [5.74, 6) is 2.14. The number of hydrogen-bond acceptors (Lipinski definition) is 3. The summed E-state index contributed by atoms with van der Waals surface area (Å²) in [5, 5.41) is 10.7. The van der Waals surface area contributed by atoms with E-state index >= 15 is 0 Å². The topological polar surface area (TPSA) is 62.5 Å². The van der Waals surface area contributed by atoms with Gasteiger partial charge in [-0.2, -0.15) is 0 Å². The third-order valence-corrected chi connectivity index (χ3v) is 4.02. The summed E-state index contributed by atoms with van der Waals surface area (Å²) in [5.41, 5.74) is 3.46. The van der Waals surface area contributed by atoms with E-state index in [9.17, 15) is 0 Å². The van der Waals surface area contributed by atoms with Gasteiger partial charge in [-0.15, -0.1) is 24.0 Å². The molecular formula is C18H27IN4O. The normalized spacial score (nSPS) is 12.4. The summed E-state index contributed by atoms with van der Waals surface area (Å²) in [6, 6.07) is 10.5. The van der Waals surface area contributed by atoms with Gasteiger partial charge in [-0.3, -0.25) is 4.99 Å². The lowest BCUT2D eigenvalue weighted by Gasteiger charge is -2.16. The van der Waals surface area contributed by atoms with Crippen molar-refractivity contribution in [3.05, 3.63) is 52.9 Å². The van der Waals surface area contributed by atoms with Crippen molar-refractivity contribution in [1.82, 2.24) is 15.8 Å². The molecule has 1 unspecified atom stereocenters. The molecule has 0 aliphatic heterocycles. The van der Waals surface area contributed by atoms with E-state index in [4.69, 9.17) is 4.52 Å². The molecule has 0 radical (unpaired) electrons. The maximum Gasteiger partial charge on any atom is 0.191 e. The van der Waals surface area contributed by atoms with Crippen LogP contribution in [-0.2, 0) is 6.42 Å². The number of aromatic nitrogens is 1. The number of aliphatic imine (C=N–C) groups is 1. The molecule has 1 atom stereocenters. The van der Waals surface area contributed by atoms with Gasteiger partial charge in [0.25, 0.3) is 0 Å². The third-order valence-electron chi connectivity index (χ3n) is 4.02. The van der Waals surface area contributed by atoms with Crippen molar-refractivity contribution in [2.24, 2.45) is 4.99 Å². The minimum atomic E-state index is 0. The van der Waals surface area contributed by atoms with Crippen LogP contribution in [0.15, 0.2) is 39.8 Å². The van der Waals surface area contributed by atoms with Crippen molar-refractivity contribution < 1.29 is 4.52 Å². The van der Waals surface area contributed by atoms with Crippen LogP contribution in [0.1, 0.15) is 35.4 Å². The summed E-state index contributed by atoms with van der Waals surface area (Å²) in [7, 11) is 1.79. The van der Waals surface area contributed by atoms with Crippen molar-refractivity contribution in [2.75, 3.05) is 20.1 Å². The Morgan fingerprint density at radius 2 is 1.92 bits per heavy atom. The molecule has 0 fully saturated rings. The first-order valence-electron chi connectivity index (χ1n) is 8.03. The van der Waals surface area contributed by atoms with Gasteiger partial charge in [0, 0.05) is 25.7 Å². The second-order valence-corrected chi connectivity index (χ2v) is 5.74. The second kappa shape index (κ2) is 10.3. The average molecular weight is 442 g/mol. The van der Waals surface area contributed by atoms with Crippen LogP contribution in [-0.4, -0.2) is 31.3 Å². The highest BCUT2D eigenvalue weighted by Crippen LogP contribution is 2.13. The van der Waals surface area contributed by atoms with Gasteiger partial charge < -0.3 is 15.2 Å². The Bertz CT molecular complexity index is 620. The Morgan fingerprint density at radius 1 is 1.21 bits per heavy atom. The van der Waals surface area contributed by atoms with Crippen LogP contribution in [0.5, 0.6) is 0 Å². The van der Waals surface area contributed by atoms with Crippen LogP contribution in [0.3, 0.4) is 0 Å². The molecule has 24 heavy (non-hydrogen) atoms. The first-order valence-corrected chi connectivity index (χ1v) is 8.03. The highest BCUT2D eigenvalue weighted by Gasteiger charge is 2.09. The fourth-order valence-corrected chi connectivity index (χ4v) is 2.53. The zero-order chi connectivity index (χ0) is 16.7. The quantitative estimate of drug-likeness (QED) is 0.409. The van der Waals surface area contributed by atoms with Crippen LogP contribution in [0.4, 0.5) is 0 Å². The fourth-order valence-electron chi connectivity index (χ4n) is 2.53. The minimum absolute atomic E-state index is 0. The minimum Gasteiger partial charge on any atom is -0.361 e. The molecule has 0 aliphatic rings. The van der Waals surface area contributed by atoms with Crippen LogP contribution in [0, 0.1) is 13.8 Å². The average Bonchev–Trinajstić information content (AvgIpc) is 2.90. The predicted octanol–water partition coefficient (Wildman–Crippen LogP) is 3.42. The van der Waals surface area contributed by atoms with Crippen LogP contribution in [0.25, 0.3) is 0 Å². The Morgan fingerprint density at radius 3 is 2.50 bits per heavy atom. The predicted molar refractivity (Wildman–Crippen MR) is 109 cm³/mol. The Hall–Kier alpha value is -1.57. The van der Waals surface area contributed by atoms with Gasteiger partial charge in [0.1, 0.15) is 5.76 Å². The van der Waals surface area contributed by atoms with Gasteiger partial charge >= 0.3 is 0 Å². The Labute approximate surface area is 161 Å². The van der Waals surface area contributed by atoms with Crippen molar-refractivity contribution in [3.8, 4) is 0 Å². The van der Waals surface area contributed by atoms with Gasteiger partial charge in [0.2, 0.25) is 0 Å². The van der Waals surface area contributed by atoms with Crippen LogP contribution in [0.2, 0.25) is 0 Å². The lowest BCUT2D eigenvalue weighted by molar-refractivity contribution is 0.392. The van der Waals surface area contributed by atoms with E-state index in [1.807, 2.05) is 19.9 Å². The standard InChI is InChI=1S/C18H26N4O.HI/c1-13(16-8-6-5-7-9-16)12-21-18(19-4)20-11-10-17-14(2)22-23-15(17)3;/h5-9,13H,10-12H2,1-4H3,(H2,19,20,21);1H. The SMILES string of the molecule is CN=C(NCCc1c(C)noc1C)NCC(C)c1ccccc1.I. The van der Waals surface area contributed by atoms with Gasteiger partial charge in [-0.05, 0) is 31.7 Å². The molecule has 0 spiro atoms. The summed E-state index contributed by atoms with van der Waals surface area (Å²) in [6.45, 7) is 7.77. The summed E-state index contributed by atoms with van der Waals surface area (Å²) in [6.07, 6.45) is 0.871. The zero-order valence-corrected chi connectivity index (χ0v) is 17.1. The number of nitrogens with zero attached hydrogens (tertiary/aromatic N) is 2. The molecule has 0 saturated carbocycles. The zero-order valence-electron chi connectivity index (χ0n) is 14.8. The van der Waals surface area contributed by atoms with Gasteiger partial charge in [-0.25, -0.2) is 0 Å².